The van der Waals surface area contributed by atoms with E-state index in [0.29, 0.717) is 11.1 Å². The van der Waals surface area contributed by atoms with Crippen LogP contribution in [0, 0.1) is 0 Å². The van der Waals surface area contributed by atoms with Gasteiger partial charge in [-0.3, -0.25) is 9.59 Å². The van der Waals surface area contributed by atoms with Gasteiger partial charge in [0.25, 0.3) is 0 Å². The van der Waals surface area contributed by atoms with Gasteiger partial charge in [0.2, 0.25) is 5.91 Å². The van der Waals surface area contributed by atoms with Crippen LogP contribution in [0.2, 0.25) is 0 Å². The summed E-state index contributed by atoms with van der Waals surface area (Å²) in [6.45, 7) is 0.380. The molecule has 0 aromatic heterocycles. The molecule has 49 heavy (non-hydrogen) atoms. The van der Waals surface area contributed by atoms with E-state index in [-0.39, 0.29) is 43.7 Å². The summed E-state index contributed by atoms with van der Waals surface area (Å²) in [5.74, 6) is -0.491. The number of ketones is 1. The molecule has 1 aliphatic carbocycles. The number of nitrogens with one attached hydrogen (secondary N) is 1. The normalized spacial score (nSPS) is 16.2. The molecule has 1 atom stereocenters. The molecular formula is C43H36N2O4. The Morgan fingerprint density at radius 2 is 1.14 bits per heavy atom. The Labute approximate surface area is 286 Å². The zero-order chi connectivity index (χ0) is 33.6. The molecule has 2 amide bonds. The van der Waals surface area contributed by atoms with Crippen molar-refractivity contribution in [1.29, 1.82) is 0 Å². The van der Waals surface area contributed by atoms with Gasteiger partial charge in [-0.2, -0.15) is 0 Å². The molecule has 0 bridgehead atoms. The number of likely N-dealkylation sites (tertiary alicyclic amines) is 1. The van der Waals surface area contributed by atoms with Crippen molar-refractivity contribution in [2.45, 2.75) is 18.4 Å². The first-order valence-corrected chi connectivity index (χ1v) is 16.5. The molecule has 5 aromatic carbocycles. The number of alkyl carbamates (subject to hydrolysis) is 1. The van der Waals surface area contributed by atoms with Crippen LogP contribution in [0.3, 0.4) is 0 Å². The fraction of sp³-hybridized carbons (Fsp3) is 0.140. The van der Waals surface area contributed by atoms with Crippen LogP contribution >= 0.6 is 0 Å². The summed E-state index contributed by atoms with van der Waals surface area (Å²) in [4.78, 5) is 43.3. The summed E-state index contributed by atoms with van der Waals surface area (Å²) in [5, 5.41) is 2.90. The molecule has 0 saturated carbocycles. The highest BCUT2D eigenvalue weighted by Gasteiger charge is 2.34. The van der Waals surface area contributed by atoms with Crippen molar-refractivity contribution < 1.29 is 19.1 Å². The predicted molar refractivity (Wildman–Crippen MR) is 193 cm³/mol. The predicted octanol–water partition coefficient (Wildman–Crippen LogP) is 7.71. The summed E-state index contributed by atoms with van der Waals surface area (Å²) < 4.78 is 5.87. The van der Waals surface area contributed by atoms with Gasteiger partial charge >= 0.3 is 6.09 Å². The Morgan fingerprint density at radius 3 is 1.67 bits per heavy atom. The van der Waals surface area contributed by atoms with E-state index in [1.165, 1.54) is 0 Å². The second-order valence-electron chi connectivity index (χ2n) is 12.4. The third-order valence-corrected chi connectivity index (χ3v) is 9.11. The Hall–Kier alpha value is -6.01. The largest absolute Gasteiger partial charge is 0.449 e. The fourth-order valence-electron chi connectivity index (χ4n) is 6.75. The summed E-state index contributed by atoms with van der Waals surface area (Å²) in [6, 6.07) is 44.2. The maximum absolute atomic E-state index is 14.4. The van der Waals surface area contributed by atoms with E-state index in [0.717, 1.165) is 38.9 Å². The summed E-state index contributed by atoms with van der Waals surface area (Å²) in [7, 11) is 0. The van der Waals surface area contributed by atoms with Crippen LogP contribution in [0.25, 0.3) is 23.3 Å². The lowest BCUT2D eigenvalue weighted by molar-refractivity contribution is -0.133. The van der Waals surface area contributed by atoms with Crippen LogP contribution in [-0.2, 0) is 20.7 Å². The molecular weight excluding hydrogens is 608 g/mol. The Kier molecular flexibility index (Phi) is 9.28. The number of nitrogens with zero attached hydrogens (tertiary/aromatic N) is 1. The van der Waals surface area contributed by atoms with E-state index < -0.39 is 12.1 Å². The van der Waals surface area contributed by atoms with Crippen molar-refractivity contribution in [1.82, 2.24) is 10.2 Å². The van der Waals surface area contributed by atoms with Crippen molar-refractivity contribution >= 4 is 29.9 Å². The molecule has 5 aromatic rings. The zero-order valence-corrected chi connectivity index (χ0v) is 27.0. The topological polar surface area (TPSA) is 75.7 Å². The van der Waals surface area contributed by atoms with Crippen LogP contribution in [0.15, 0.2) is 151 Å². The van der Waals surface area contributed by atoms with Crippen LogP contribution in [0.1, 0.15) is 33.7 Å². The van der Waals surface area contributed by atoms with Gasteiger partial charge in [0.1, 0.15) is 12.6 Å². The molecule has 1 aliphatic heterocycles. The minimum absolute atomic E-state index is 0.0964. The van der Waals surface area contributed by atoms with Gasteiger partial charge in [0.15, 0.2) is 5.78 Å². The second kappa shape index (κ2) is 14.4. The average molecular weight is 645 g/mol. The Bertz CT molecular complexity index is 1930. The molecule has 6 heteroatoms. The summed E-state index contributed by atoms with van der Waals surface area (Å²) in [5.41, 5.74) is 8.16. The first kappa shape index (κ1) is 31.6. The molecule has 1 N–H and O–H groups in total. The number of Topliss-reactive ketones (excluding diaryl/α,β-unsaturated/α-hetero) is 1. The molecule has 1 saturated heterocycles. The highest BCUT2D eigenvalue weighted by atomic mass is 16.5. The lowest BCUT2D eigenvalue weighted by Crippen LogP contribution is -2.53. The van der Waals surface area contributed by atoms with E-state index in [2.05, 4.69) is 29.6 Å². The highest BCUT2D eigenvalue weighted by molar-refractivity contribution is 6.15. The number of piperidine rings is 1. The van der Waals surface area contributed by atoms with Crippen LogP contribution in [-0.4, -0.2) is 48.4 Å². The van der Waals surface area contributed by atoms with E-state index in [4.69, 9.17) is 4.74 Å². The number of rotatable bonds is 8. The van der Waals surface area contributed by atoms with Gasteiger partial charge < -0.3 is 15.0 Å². The van der Waals surface area contributed by atoms with Crippen molar-refractivity contribution in [2.75, 3.05) is 19.7 Å². The number of carbonyl (C=O) groups is 3. The fourth-order valence-corrected chi connectivity index (χ4v) is 6.75. The van der Waals surface area contributed by atoms with Crippen molar-refractivity contribution in [3.05, 3.63) is 178 Å². The Morgan fingerprint density at radius 1 is 0.673 bits per heavy atom. The summed E-state index contributed by atoms with van der Waals surface area (Å²) >= 11 is 0. The van der Waals surface area contributed by atoms with Crippen LogP contribution in [0.4, 0.5) is 4.79 Å². The number of hydrogen-bond acceptors (Lipinski definition) is 4. The second-order valence-corrected chi connectivity index (χ2v) is 12.4. The molecule has 242 valence electrons. The van der Waals surface area contributed by atoms with Gasteiger partial charge in [0.05, 0.1) is 0 Å². The molecule has 0 radical (unpaired) electrons. The molecule has 1 heterocycles. The molecule has 7 rings (SSSR count). The van der Waals surface area contributed by atoms with Gasteiger partial charge in [0, 0.05) is 36.6 Å². The van der Waals surface area contributed by atoms with Crippen molar-refractivity contribution in [2.24, 2.45) is 0 Å². The lowest BCUT2D eigenvalue weighted by Gasteiger charge is -2.33. The smallest absolute Gasteiger partial charge is 0.407 e. The van der Waals surface area contributed by atoms with Crippen LogP contribution < -0.4 is 5.32 Å². The quantitative estimate of drug-likeness (QED) is 0.176. The van der Waals surface area contributed by atoms with Gasteiger partial charge in [-0.05, 0) is 51.1 Å². The first-order valence-electron chi connectivity index (χ1n) is 16.5. The third-order valence-electron chi connectivity index (χ3n) is 9.11. The number of benzene rings is 5. The molecule has 2 aliphatic rings. The maximum atomic E-state index is 14.4. The van der Waals surface area contributed by atoms with E-state index >= 15 is 0 Å². The standard InChI is InChI=1S/C43H36N2O4/c46-41-33(24-30-14-4-1-5-15-30)27-45(28-34(41)25-31-16-6-2-7-17-31)42(47)40(26-32-18-8-3-9-19-32)44-43(48)49-29-39-37-22-12-10-20-35(37)36-21-11-13-23-38(36)39/h1-25,39-40H,26-29H2,(H,44,48)/b33-24+,34-25+. The minimum atomic E-state index is -0.915. The zero-order valence-electron chi connectivity index (χ0n) is 27.0. The van der Waals surface area contributed by atoms with E-state index in [1.807, 2.05) is 127 Å². The molecule has 1 unspecified atom stereocenters. The Balaban J connectivity index is 1.14. The average Bonchev–Trinajstić information content (AvgIpc) is 3.46. The van der Waals surface area contributed by atoms with Gasteiger partial charge in [-0.15, -0.1) is 0 Å². The maximum Gasteiger partial charge on any atom is 0.407 e. The lowest BCUT2D eigenvalue weighted by atomic mass is 9.93. The minimum Gasteiger partial charge on any atom is -0.449 e. The number of amides is 2. The van der Waals surface area contributed by atoms with E-state index in [9.17, 15) is 14.4 Å². The number of ether oxygens (including phenoxy) is 1. The first-order chi connectivity index (χ1) is 24.0. The van der Waals surface area contributed by atoms with Gasteiger partial charge in [-0.1, -0.05) is 140 Å². The number of fused-ring (bicyclic) bond motifs is 3. The van der Waals surface area contributed by atoms with E-state index in [1.54, 1.807) is 4.90 Å². The van der Waals surface area contributed by atoms with Crippen molar-refractivity contribution in [3.63, 3.8) is 0 Å². The number of hydrogen-bond donors (Lipinski definition) is 1. The molecule has 1 fully saturated rings. The molecule has 0 spiro atoms. The summed E-state index contributed by atoms with van der Waals surface area (Å²) in [6.07, 6.45) is 3.28. The monoisotopic (exact) mass is 644 g/mol. The van der Waals surface area contributed by atoms with Gasteiger partial charge in [-0.25, -0.2) is 4.79 Å². The number of carbonyl (C=O) groups excluding carboxylic acids is 3. The van der Waals surface area contributed by atoms with Crippen molar-refractivity contribution in [3.8, 4) is 11.1 Å². The third kappa shape index (κ3) is 7.14. The SMILES string of the molecule is O=C(NC(Cc1ccccc1)C(=O)N1C/C(=C\c2ccccc2)C(=O)/C(=C/c2ccccc2)C1)OCC1c2ccccc2-c2ccccc21. The molecule has 6 nitrogen and oxygen atoms in total. The highest BCUT2D eigenvalue weighted by Crippen LogP contribution is 2.44. The van der Waals surface area contributed by atoms with Crippen LogP contribution in [0.5, 0.6) is 0 Å².